The molecule has 6 heteroatoms. The summed E-state index contributed by atoms with van der Waals surface area (Å²) in [5.41, 5.74) is 0.00233. The molecule has 0 aromatic heterocycles. The second kappa shape index (κ2) is 6.81. The van der Waals surface area contributed by atoms with E-state index in [0.29, 0.717) is 36.6 Å². The van der Waals surface area contributed by atoms with E-state index in [4.69, 9.17) is 0 Å². The first kappa shape index (κ1) is 17.0. The molecule has 124 valence electrons. The maximum absolute atomic E-state index is 12.4. The molecule has 1 fully saturated rings. The summed E-state index contributed by atoms with van der Waals surface area (Å²) in [4.78, 5) is 36.0. The molecule has 0 unspecified atom stereocenters. The summed E-state index contributed by atoms with van der Waals surface area (Å²) in [6, 6.07) is 6.37. The zero-order valence-electron chi connectivity index (χ0n) is 13.6. The number of carbonyl (C=O) groups is 3. The van der Waals surface area contributed by atoms with E-state index in [-0.39, 0.29) is 11.8 Å². The first-order valence-electron chi connectivity index (χ1n) is 7.67. The van der Waals surface area contributed by atoms with Crippen LogP contribution >= 0.6 is 0 Å². The second-order valence-corrected chi connectivity index (χ2v) is 6.21. The average Bonchev–Trinajstić information content (AvgIpc) is 3.34. The maximum atomic E-state index is 12.4. The van der Waals surface area contributed by atoms with Crippen LogP contribution in [-0.2, 0) is 14.3 Å². The molecule has 0 radical (unpaired) electrons. The highest BCUT2D eigenvalue weighted by Gasteiger charge is 2.56. The molecule has 0 saturated heterocycles. The van der Waals surface area contributed by atoms with Gasteiger partial charge in [-0.05, 0) is 43.0 Å². The molecule has 1 saturated carbocycles. The van der Waals surface area contributed by atoms with Crippen LogP contribution in [0, 0.1) is 11.3 Å². The van der Waals surface area contributed by atoms with Gasteiger partial charge in [0.2, 0.25) is 11.8 Å². The molecule has 6 nitrogen and oxygen atoms in total. The smallest absolute Gasteiger partial charge is 0.337 e. The first-order valence-corrected chi connectivity index (χ1v) is 7.67. The summed E-state index contributed by atoms with van der Waals surface area (Å²) < 4.78 is 4.62. The fraction of sp³-hybridized carbons (Fsp3) is 0.471. The van der Waals surface area contributed by atoms with Crippen LogP contribution in [0.5, 0.6) is 0 Å². The van der Waals surface area contributed by atoms with Gasteiger partial charge in [-0.15, -0.1) is 0 Å². The molecule has 0 atom stereocenters. The third kappa shape index (κ3) is 3.88. The normalized spacial score (nSPS) is 15.0. The van der Waals surface area contributed by atoms with Gasteiger partial charge >= 0.3 is 5.97 Å². The van der Waals surface area contributed by atoms with E-state index in [1.165, 1.54) is 7.11 Å². The molecular weight excluding hydrogens is 296 g/mol. The van der Waals surface area contributed by atoms with Gasteiger partial charge in [-0.1, -0.05) is 13.8 Å². The summed E-state index contributed by atoms with van der Waals surface area (Å²) in [5.74, 6) is -0.613. The SMILES string of the molecule is COC(=O)c1ccc(NC(=O)C2(C(=O)NCC(C)C)CC2)cc1. The number of hydrogen-bond donors (Lipinski definition) is 2. The Labute approximate surface area is 135 Å². The lowest BCUT2D eigenvalue weighted by molar-refractivity contribution is -0.134. The Kier molecular flexibility index (Phi) is 5.03. The van der Waals surface area contributed by atoms with Crippen LogP contribution in [-0.4, -0.2) is 31.4 Å². The van der Waals surface area contributed by atoms with Crippen LogP contribution < -0.4 is 10.6 Å². The van der Waals surface area contributed by atoms with E-state index in [1.54, 1.807) is 24.3 Å². The highest BCUT2D eigenvalue weighted by Crippen LogP contribution is 2.46. The number of hydrogen-bond acceptors (Lipinski definition) is 4. The molecule has 1 aromatic rings. The van der Waals surface area contributed by atoms with E-state index in [2.05, 4.69) is 15.4 Å². The number of anilines is 1. The molecule has 0 bridgehead atoms. The lowest BCUT2D eigenvalue weighted by Gasteiger charge is -2.16. The van der Waals surface area contributed by atoms with Crippen LogP contribution in [0.25, 0.3) is 0 Å². The Morgan fingerprint density at radius 1 is 1.13 bits per heavy atom. The fourth-order valence-corrected chi connectivity index (χ4v) is 2.21. The van der Waals surface area contributed by atoms with Gasteiger partial charge in [0.05, 0.1) is 12.7 Å². The van der Waals surface area contributed by atoms with Gasteiger partial charge in [-0.3, -0.25) is 9.59 Å². The Morgan fingerprint density at radius 2 is 1.74 bits per heavy atom. The number of carbonyl (C=O) groups excluding carboxylic acids is 3. The molecule has 23 heavy (non-hydrogen) atoms. The molecule has 1 aromatic carbocycles. The predicted octanol–water partition coefficient (Wildman–Crippen LogP) is 1.96. The zero-order valence-corrected chi connectivity index (χ0v) is 13.6. The molecule has 2 rings (SSSR count). The van der Waals surface area contributed by atoms with Crippen molar-refractivity contribution in [3.8, 4) is 0 Å². The van der Waals surface area contributed by atoms with Crippen LogP contribution in [0.4, 0.5) is 5.69 Å². The Morgan fingerprint density at radius 3 is 2.22 bits per heavy atom. The van der Waals surface area contributed by atoms with Crippen molar-refractivity contribution < 1.29 is 19.1 Å². The highest BCUT2D eigenvalue weighted by atomic mass is 16.5. The third-order valence-electron chi connectivity index (χ3n) is 3.85. The minimum Gasteiger partial charge on any atom is -0.465 e. The topological polar surface area (TPSA) is 84.5 Å². The number of esters is 1. The maximum Gasteiger partial charge on any atom is 0.337 e. The van der Waals surface area contributed by atoms with Gasteiger partial charge in [-0.2, -0.15) is 0 Å². The van der Waals surface area contributed by atoms with Crippen molar-refractivity contribution in [1.29, 1.82) is 0 Å². The van der Waals surface area contributed by atoms with E-state index >= 15 is 0 Å². The van der Waals surface area contributed by atoms with Gasteiger partial charge in [0.1, 0.15) is 5.41 Å². The number of ether oxygens (including phenoxy) is 1. The minimum absolute atomic E-state index is 0.213. The zero-order chi connectivity index (χ0) is 17.0. The molecular formula is C17H22N2O4. The quantitative estimate of drug-likeness (QED) is 0.620. The van der Waals surface area contributed by atoms with E-state index in [1.807, 2.05) is 13.8 Å². The van der Waals surface area contributed by atoms with Crippen molar-refractivity contribution in [2.45, 2.75) is 26.7 Å². The molecule has 2 amide bonds. The summed E-state index contributed by atoms with van der Waals surface area (Å²) in [5, 5.41) is 5.57. The fourth-order valence-electron chi connectivity index (χ4n) is 2.21. The molecule has 0 aliphatic heterocycles. The number of methoxy groups -OCH3 is 1. The van der Waals surface area contributed by atoms with Crippen molar-refractivity contribution in [3.05, 3.63) is 29.8 Å². The van der Waals surface area contributed by atoms with E-state index in [0.717, 1.165) is 0 Å². The summed E-state index contributed by atoms with van der Waals surface area (Å²) in [6.45, 7) is 4.56. The van der Waals surface area contributed by atoms with Crippen molar-refractivity contribution in [1.82, 2.24) is 5.32 Å². The summed E-state index contributed by atoms with van der Waals surface area (Å²) >= 11 is 0. The van der Waals surface area contributed by atoms with Crippen molar-refractivity contribution in [2.24, 2.45) is 11.3 Å². The van der Waals surface area contributed by atoms with Crippen LogP contribution in [0.15, 0.2) is 24.3 Å². The van der Waals surface area contributed by atoms with Crippen LogP contribution in [0.1, 0.15) is 37.0 Å². The third-order valence-corrected chi connectivity index (χ3v) is 3.85. The van der Waals surface area contributed by atoms with Crippen LogP contribution in [0.3, 0.4) is 0 Å². The Bertz CT molecular complexity index is 604. The lowest BCUT2D eigenvalue weighted by atomic mass is 10.0. The molecule has 0 heterocycles. The molecule has 1 aliphatic carbocycles. The monoisotopic (exact) mass is 318 g/mol. The standard InChI is InChI=1S/C17H22N2O4/c1-11(2)10-18-15(21)17(8-9-17)16(22)19-13-6-4-12(5-7-13)14(20)23-3/h4-7,11H,8-10H2,1-3H3,(H,18,21)(H,19,22). The van der Waals surface area contributed by atoms with Crippen LogP contribution in [0.2, 0.25) is 0 Å². The minimum atomic E-state index is -0.949. The van der Waals surface area contributed by atoms with Gasteiger partial charge in [0, 0.05) is 12.2 Å². The second-order valence-electron chi connectivity index (χ2n) is 6.21. The highest BCUT2D eigenvalue weighted by molar-refractivity contribution is 6.13. The first-order chi connectivity index (χ1) is 10.9. The van der Waals surface area contributed by atoms with Gasteiger partial charge in [-0.25, -0.2) is 4.79 Å². The number of nitrogens with one attached hydrogen (secondary N) is 2. The van der Waals surface area contributed by atoms with Crippen molar-refractivity contribution in [3.63, 3.8) is 0 Å². The lowest BCUT2D eigenvalue weighted by Crippen LogP contribution is -2.41. The van der Waals surface area contributed by atoms with Gasteiger partial charge in [0.25, 0.3) is 0 Å². The summed E-state index contributed by atoms with van der Waals surface area (Å²) in [7, 11) is 1.31. The Balaban J connectivity index is 1.98. The largest absolute Gasteiger partial charge is 0.465 e. The number of amides is 2. The summed E-state index contributed by atoms with van der Waals surface area (Å²) in [6.07, 6.45) is 1.12. The molecule has 0 spiro atoms. The predicted molar refractivity (Wildman–Crippen MR) is 85.9 cm³/mol. The van der Waals surface area contributed by atoms with Gasteiger partial charge in [0.15, 0.2) is 0 Å². The van der Waals surface area contributed by atoms with E-state index in [9.17, 15) is 14.4 Å². The number of rotatable bonds is 6. The molecule has 2 N–H and O–H groups in total. The van der Waals surface area contributed by atoms with E-state index < -0.39 is 11.4 Å². The Hall–Kier alpha value is -2.37. The number of benzene rings is 1. The molecule has 1 aliphatic rings. The van der Waals surface area contributed by atoms with Crippen molar-refractivity contribution in [2.75, 3.05) is 19.0 Å². The van der Waals surface area contributed by atoms with Crippen molar-refractivity contribution >= 4 is 23.5 Å². The van der Waals surface area contributed by atoms with Gasteiger partial charge < -0.3 is 15.4 Å². The average molecular weight is 318 g/mol.